The Morgan fingerprint density at radius 1 is 1.28 bits per heavy atom. The zero-order chi connectivity index (χ0) is 12.6. The van der Waals surface area contributed by atoms with Gasteiger partial charge in [0.05, 0.1) is 5.01 Å². The van der Waals surface area contributed by atoms with Crippen molar-refractivity contribution in [3.05, 3.63) is 52.5 Å². The van der Waals surface area contributed by atoms with E-state index in [2.05, 4.69) is 34.6 Å². The summed E-state index contributed by atoms with van der Waals surface area (Å²) in [4.78, 5) is 4.25. The number of benzene rings is 1. The number of hydrogen-bond acceptors (Lipinski definition) is 4. The van der Waals surface area contributed by atoms with Gasteiger partial charge in [-0.3, -0.25) is 0 Å². The van der Waals surface area contributed by atoms with E-state index in [1.54, 1.807) is 11.3 Å². The molecule has 2 rings (SSSR count). The van der Waals surface area contributed by atoms with E-state index >= 15 is 0 Å². The molecule has 0 fully saturated rings. The summed E-state index contributed by atoms with van der Waals surface area (Å²) in [5.41, 5.74) is 7.39. The highest BCUT2D eigenvalue weighted by molar-refractivity contribution is 7.09. The van der Waals surface area contributed by atoms with Crippen LogP contribution in [-0.4, -0.2) is 24.1 Å². The van der Waals surface area contributed by atoms with Crippen LogP contribution in [0.3, 0.4) is 0 Å². The number of rotatable bonds is 7. The van der Waals surface area contributed by atoms with Crippen LogP contribution >= 0.6 is 11.3 Å². The van der Waals surface area contributed by atoms with Gasteiger partial charge < -0.3 is 11.1 Å². The average Bonchev–Trinajstić information content (AvgIpc) is 2.89. The van der Waals surface area contributed by atoms with E-state index in [4.69, 9.17) is 5.73 Å². The van der Waals surface area contributed by atoms with Gasteiger partial charge in [-0.1, -0.05) is 30.3 Å². The minimum atomic E-state index is 0.170. The molecule has 0 aliphatic heterocycles. The van der Waals surface area contributed by atoms with Crippen molar-refractivity contribution < 1.29 is 0 Å². The van der Waals surface area contributed by atoms with E-state index in [1.807, 2.05) is 17.6 Å². The quantitative estimate of drug-likeness (QED) is 0.748. The fourth-order valence-corrected chi connectivity index (χ4v) is 2.47. The molecule has 0 bridgehead atoms. The van der Waals surface area contributed by atoms with E-state index in [9.17, 15) is 0 Å². The highest BCUT2D eigenvalue weighted by atomic mass is 32.1. The Bertz CT molecular complexity index is 428. The van der Waals surface area contributed by atoms with Crippen LogP contribution in [0.15, 0.2) is 41.9 Å². The van der Waals surface area contributed by atoms with E-state index in [1.165, 1.54) is 10.6 Å². The Labute approximate surface area is 112 Å². The van der Waals surface area contributed by atoms with Crippen molar-refractivity contribution in [2.45, 2.75) is 18.9 Å². The molecule has 0 saturated carbocycles. The summed E-state index contributed by atoms with van der Waals surface area (Å²) in [7, 11) is 0. The second-order valence-corrected chi connectivity index (χ2v) is 5.31. The summed E-state index contributed by atoms with van der Waals surface area (Å²) < 4.78 is 0. The van der Waals surface area contributed by atoms with Crippen molar-refractivity contribution in [1.29, 1.82) is 0 Å². The molecule has 96 valence electrons. The molecule has 4 heteroatoms. The lowest BCUT2D eigenvalue weighted by molar-refractivity contribution is 0.574. The molecule has 0 aliphatic rings. The standard InChI is InChI=1S/C14H19N3S/c15-13(10-12-4-2-1-3-5-12)11-16-7-6-14-17-8-9-18-14/h1-5,8-9,13,16H,6-7,10-11,15H2/t13-/m0/s1. The highest BCUT2D eigenvalue weighted by Crippen LogP contribution is 2.04. The third kappa shape index (κ3) is 4.56. The molecule has 18 heavy (non-hydrogen) atoms. The fraction of sp³-hybridized carbons (Fsp3) is 0.357. The smallest absolute Gasteiger partial charge is 0.0937 e. The maximum absolute atomic E-state index is 6.09. The number of nitrogens with two attached hydrogens (primary N) is 1. The van der Waals surface area contributed by atoms with Gasteiger partial charge in [0, 0.05) is 37.1 Å². The van der Waals surface area contributed by atoms with E-state index < -0.39 is 0 Å². The van der Waals surface area contributed by atoms with Gasteiger partial charge in [-0.2, -0.15) is 0 Å². The molecule has 1 aromatic heterocycles. The molecule has 2 aromatic rings. The van der Waals surface area contributed by atoms with Gasteiger partial charge >= 0.3 is 0 Å². The van der Waals surface area contributed by atoms with Crippen LogP contribution in [0.1, 0.15) is 10.6 Å². The summed E-state index contributed by atoms with van der Waals surface area (Å²) in [5.74, 6) is 0. The minimum absolute atomic E-state index is 0.170. The second kappa shape index (κ2) is 7.26. The lowest BCUT2D eigenvalue weighted by Gasteiger charge is -2.12. The predicted molar refractivity (Wildman–Crippen MR) is 76.8 cm³/mol. The molecular weight excluding hydrogens is 242 g/mol. The van der Waals surface area contributed by atoms with E-state index in [0.717, 1.165) is 25.9 Å². The first-order valence-corrected chi connectivity index (χ1v) is 7.11. The van der Waals surface area contributed by atoms with Gasteiger partial charge in [0.1, 0.15) is 0 Å². The Morgan fingerprint density at radius 2 is 2.11 bits per heavy atom. The fourth-order valence-electron chi connectivity index (χ4n) is 1.85. The van der Waals surface area contributed by atoms with Gasteiger partial charge in [-0.15, -0.1) is 11.3 Å². The summed E-state index contributed by atoms with van der Waals surface area (Å²) in [6.07, 6.45) is 3.75. The lowest BCUT2D eigenvalue weighted by Crippen LogP contribution is -2.36. The summed E-state index contributed by atoms with van der Waals surface area (Å²) in [6.45, 7) is 1.79. The van der Waals surface area contributed by atoms with Crippen molar-refractivity contribution >= 4 is 11.3 Å². The van der Waals surface area contributed by atoms with Crippen LogP contribution < -0.4 is 11.1 Å². The molecule has 0 amide bonds. The van der Waals surface area contributed by atoms with Gasteiger partial charge in [0.15, 0.2) is 0 Å². The molecule has 0 spiro atoms. The molecule has 0 saturated heterocycles. The third-order valence-electron chi connectivity index (χ3n) is 2.75. The van der Waals surface area contributed by atoms with Gasteiger partial charge in [-0.25, -0.2) is 4.98 Å². The highest BCUT2D eigenvalue weighted by Gasteiger charge is 2.03. The van der Waals surface area contributed by atoms with Crippen molar-refractivity contribution in [3.8, 4) is 0 Å². The first-order chi connectivity index (χ1) is 8.84. The Hall–Kier alpha value is -1.23. The number of nitrogens with zero attached hydrogens (tertiary/aromatic N) is 1. The minimum Gasteiger partial charge on any atom is -0.326 e. The van der Waals surface area contributed by atoms with Crippen LogP contribution in [0.4, 0.5) is 0 Å². The van der Waals surface area contributed by atoms with Crippen LogP contribution in [0.25, 0.3) is 0 Å². The summed E-state index contributed by atoms with van der Waals surface area (Å²) in [5, 5.41) is 6.58. The number of aromatic nitrogens is 1. The van der Waals surface area contributed by atoms with Crippen LogP contribution in [0.5, 0.6) is 0 Å². The Kier molecular flexibility index (Phi) is 5.33. The number of nitrogens with one attached hydrogen (secondary N) is 1. The third-order valence-corrected chi connectivity index (χ3v) is 3.59. The predicted octanol–water partition coefficient (Wildman–Crippen LogP) is 1.85. The molecule has 3 nitrogen and oxygen atoms in total. The van der Waals surface area contributed by atoms with Crippen LogP contribution in [0, 0.1) is 0 Å². The molecule has 1 atom stereocenters. The second-order valence-electron chi connectivity index (χ2n) is 4.33. The van der Waals surface area contributed by atoms with Crippen molar-refractivity contribution in [2.24, 2.45) is 5.73 Å². The largest absolute Gasteiger partial charge is 0.326 e. The monoisotopic (exact) mass is 261 g/mol. The van der Waals surface area contributed by atoms with E-state index in [-0.39, 0.29) is 6.04 Å². The summed E-state index contributed by atoms with van der Waals surface area (Å²) >= 11 is 1.70. The van der Waals surface area contributed by atoms with Crippen LogP contribution in [0.2, 0.25) is 0 Å². The molecule has 1 aromatic carbocycles. The van der Waals surface area contributed by atoms with E-state index in [0.29, 0.717) is 0 Å². The van der Waals surface area contributed by atoms with Crippen molar-refractivity contribution in [2.75, 3.05) is 13.1 Å². The molecule has 3 N–H and O–H groups in total. The normalized spacial score (nSPS) is 12.5. The topological polar surface area (TPSA) is 50.9 Å². The Morgan fingerprint density at radius 3 is 2.83 bits per heavy atom. The maximum Gasteiger partial charge on any atom is 0.0937 e. The van der Waals surface area contributed by atoms with Crippen molar-refractivity contribution in [1.82, 2.24) is 10.3 Å². The number of hydrogen-bond donors (Lipinski definition) is 2. The molecule has 1 heterocycles. The SMILES string of the molecule is N[C@H](CNCCc1nccs1)Cc1ccccc1. The average molecular weight is 261 g/mol. The Balaban J connectivity index is 1.62. The molecule has 0 aliphatic carbocycles. The maximum atomic E-state index is 6.09. The first-order valence-electron chi connectivity index (χ1n) is 6.23. The molecule has 0 radical (unpaired) electrons. The van der Waals surface area contributed by atoms with Gasteiger partial charge in [0.25, 0.3) is 0 Å². The van der Waals surface area contributed by atoms with Gasteiger partial charge in [0.2, 0.25) is 0 Å². The zero-order valence-corrected chi connectivity index (χ0v) is 11.2. The van der Waals surface area contributed by atoms with Crippen molar-refractivity contribution in [3.63, 3.8) is 0 Å². The van der Waals surface area contributed by atoms with Crippen LogP contribution in [-0.2, 0) is 12.8 Å². The number of thiazole rings is 1. The molecular formula is C14H19N3S. The lowest BCUT2D eigenvalue weighted by atomic mass is 10.1. The first kappa shape index (κ1) is 13.2. The summed E-state index contributed by atoms with van der Waals surface area (Å²) in [6, 6.07) is 10.5. The van der Waals surface area contributed by atoms with Gasteiger partial charge in [-0.05, 0) is 12.0 Å². The zero-order valence-electron chi connectivity index (χ0n) is 10.4. The molecule has 0 unspecified atom stereocenters.